The van der Waals surface area contributed by atoms with Crippen LogP contribution < -0.4 is 0 Å². The van der Waals surface area contributed by atoms with Crippen LogP contribution in [0.2, 0.25) is 0 Å². The molecule has 17 heavy (non-hydrogen) atoms. The molecule has 0 radical (unpaired) electrons. The molecule has 102 valence electrons. The van der Waals surface area contributed by atoms with Crippen LogP contribution in [-0.2, 0) is 24.5 Å². The highest BCUT2D eigenvalue weighted by Crippen LogP contribution is 2.22. The Morgan fingerprint density at radius 3 is 1.41 bits per heavy atom. The van der Waals surface area contributed by atoms with E-state index in [1.807, 2.05) is 0 Å². The largest absolute Gasteiger partial charge is 0.299 e. The number of carbonyl (C=O) groups excluding carboxylic acids is 1. The first-order valence-corrected chi connectivity index (χ1v) is 9.24. The summed E-state index contributed by atoms with van der Waals surface area (Å²) in [7, 11) is -6.77. The molecule has 0 aromatic carbocycles. The summed E-state index contributed by atoms with van der Waals surface area (Å²) in [6, 6.07) is 0. The Kier molecular flexibility index (Phi) is 4.93. The van der Waals surface area contributed by atoms with Crippen molar-refractivity contribution in [3.63, 3.8) is 0 Å². The summed E-state index contributed by atoms with van der Waals surface area (Å²) >= 11 is 0. The lowest BCUT2D eigenvalue weighted by Gasteiger charge is -2.23. The summed E-state index contributed by atoms with van der Waals surface area (Å²) in [5, 5.41) is 0. The van der Waals surface area contributed by atoms with Crippen LogP contribution in [0.1, 0.15) is 20.8 Å². The van der Waals surface area contributed by atoms with E-state index < -0.39 is 42.5 Å². The van der Waals surface area contributed by atoms with Crippen LogP contribution in [0.25, 0.3) is 0 Å². The number of rotatable bonds is 5. The molecule has 0 fully saturated rings. The fourth-order valence-corrected chi connectivity index (χ4v) is 3.69. The van der Waals surface area contributed by atoms with E-state index >= 15 is 0 Å². The van der Waals surface area contributed by atoms with E-state index in [1.54, 1.807) is 20.8 Å². The zero-order valence-electron chi connectivity index (χ0n) is 10.8. The molecule has 0 rings (SSSR count). The molecule has 0 saturated heterocycles. The molecule has 0 aliphatic carbocycles. The summed E-state index contributed by atoms with van der Waals surface area (Å²) in [5.41, 5.74) is -0.750. The lowest BCUT2D eigenvalue weighted by atomic mass is 9.84. The number of Topliss-reactive ketones (excluding diaryl/α,β-unsaturated/α-hetero) is 1. The van der Waals surface area contributed by atoms with Gasteiger partial charge >= 0.3 is 0 Å². The van der Waals surface area contributed by atoms with Crippen LogP contribution in [0, 0.1) is 11.3 Å². The molecule has 0 aliphatic rings. The first-order chi connectivity index (χ1) is 7.22. The Balaban J connectivity index is 5.21. The van der Waals surface area contributed by atoms with E-state index in [0.29, 0.717) is 0 Å². The molecule has 0 spiro atoms. The van der Waals surface area contributed by atoms with E-state index in [2.05, 4.69) is 0 Å². The molecule has 0 aromatic heterocycles. The van der Waals surface area contributed by atoms with Gasteiger partial charge in [0.25, 0.3) is 0 Å². The second-order valence-corrected chi connectivity index (χ2v) is 9.87. The molecule has 0 heterocycles. The topological polar surface area (TPSA) is 85.3 Å². The predicted molar refractivity (Wildman–Crippen MR) is 67.4 cm³/mol. The van der Waals surface area contributed by atoms with Crippen LogP contribution in [0.4, 0.5) is 0 Å². The Labute approximate surface area is 103 Å². The summed E-state index contributed by atoms with van der Waals surface area (Å²) in [5.74, 6) is -2.17. The molecule has 5 nitrogen and oxygen atoms in total. The molecular formula is C10H20O5S2. The minimum atomic E-state index is -3.39. The first-order valence-electron chi connectivity index (χ1n) is 5.12. The van der Waals surface area contributed by atoms with E-state index in [-0.39, 0.29) is 5.78 Å². The van der Waals surface area contributed by atoms with E-state index in [9.17, 15) is 21.6 Å². The van der Waals surface area contributed by atoms with Crippen molar-refractivity contribution in [3.8, 4) is 0 Å². The van der Waals surface area contributed by atoms with E-state index in [4.69, 9.17) is 0 Å². The zero-order chi connectivity index (χ0) is 14.1. The monoisotopic (exact) mass is 284 g/mol. The molecule has 0 bridgehead atoms. The minimum Gasteiger partial charge on any atom is -0.299 e. The van der Waals surface area contributed by atoms with Crippen LogP contribution in [0.3, 0.4) is 0 Å². The SMILES string of the molecule is CC(C)(C)C(=O)C(CS(C)(=O)=O)CS(C)(=O)=O. The minimum absolute atomic E-state index is 0.339. The molecular weight excluding hydrogens is 264 g/mol. The number of sulfone groups is 2. The summed E-state index contributed by atoms with van der Waals surface area (Å²) in [6.07, 6.45) is 2.00. The molecule has 0 amide bonds. The lowest BCUT2D eigenvalue weighted by Crippen LogP contribution is -2.36. The molecule has 0 unspecified atom stereocenters. The zero-order valence-corrected chi connectivity index (χ0v) is 12.5. The molecule has 0 aromatic rings. The van der Waals surface area contributed by atoms with Gasteiger partial charge in [0.2, 0.25) is 0 Å². The average molecular weight is 284 g/mol. The first kappa shape index (κ1) is 16.6. The van der Waals surface area contributed by atoms with Crippen molar-refractivity contribution in [1.82, 2.24) is 0 Å². The van der Waals surface area contributed by atoms with Gasteiger partial charge in [-0.2, -0.15) is 0 Å². The van der Waals surface area contributed by atoms with Gasteiger partial charge in [-0.05, 0) is 0 Å². The van der Waals surface area contributed by atoms with Crippen molar-refractivity contribution >= 4 is 25.5 Å². The Bertz CT molecular complexity index is 445. The molecule has 7 heteroatoms. The highest BCUT2D eigenvalue weighted by molar-refractivity contribution is 7.91. The second-order valence-electron chi connectivity index (χ2n) is 5.50. The normalized spacial score (nSPS) is 14.0. The highest BCUT2D eigenvalue weighted by Gasteiger charge is 2.33. The average Bonchev–Trinajstić information content (AvgIpc) is 1.94. The van der Waals surface area contributed by atoms with Gasteiger partial charge in [0.05, 0.1) is 11.5 Å². The van der Waals surface area contributed by atoms with E-state index in [0.717, 1.165) is 12.5 Å². The lowest BCUT2D eigenvalue weighted by molar-refractivity contribution is -0.129. The van der Waals surface area contributed by atoms with Gasteiger partial charge in [-0.3, -0.25) is 4.79 Å². The summed E-state index contributed by atoms with van der Waals surface area (Å²) < 4.78 is 44.8. The van der Waals surface area contributed by atoms with Crippen LogP contribution in [0.5, 0.6) is 0 Å². The van der Waals surface area contributed by atoms with Crippen molar-refractivity contribution < 1.29 is 21.6 Å². The third kappa shape index (κ3) is 7.49. The number of ketones is 1. The van der Waals surface area contributed by atoms with Gasteiger partial charge in [0, 0.05) is 23.8 Å². The highest BCUT2D eigenvalue weighted by atomic mass is 32.2. The van der Waals surface area contributed by atoms with Gasteiger partial charge < -0.3 is 0 Å². The predicted octanol–water partition coefficient (Wildman–Crippen LogP) is 0.307. The number of carbonyl (C=O) groups is 1. The maximum absolute atomic E-state index is 12.0. The van der Waals surface area contributed by atoms with Crippen molar-refractivity contribution in [2.75, 3.05) is 24.0 Å². The van der Waals surface area contributed by atoms with Crippen molar-refractivity contribution in [2.45, 2.75) is 20.8 Å². The quantitative estimate of drug-likeness (QED) is 0.725. The Morgan fingerprint density at radius 1 is 0.941 bits per heavy atom. The smallest absolute Gasteiger partial charge is 0.148 e. The van der Waals surface area contributed by atoms with Crippen molar-refractivity contribution in [1.29, 1.82) is 0 Å². The maximum atomic E-state index is 12.0. The van der Waals surface area contributed by atoms with Crippen LogP contribution in [0.15, 0.2) is 0 Å². The third-order valence-electron chi connectivity index (χ3n) is 2.12. The molecule has 0 saturated carbocycles. The van der Waals surface area contributed by atoms with Crippen molar-refractivity contribution in [2.24, 2.45) is 11.3 Å². The fraction of sp³-hybridized carbons (Fsp3) is 0.900. The van der Waals surface area contributed by atoms with Crippen LogP contribution in [-0.4, -0.2) is 46.6 Å². The Morgan fingerprint density at radius 2 is 1.24 bits per heavy atom. The van der Waals surface area contributed by atoms with Gasteiger partial charge in [0.15, 0.2) is 0 Å². The third-order valence-corrected chi connectivity index (χ3v) is 4.13. The standard InChI is InChI=1S/C10H20O5S2/c1-10(2,3)9(11)8(6-16(4,12)13)7-17(5,14)15/h8H,6-7H2,1-5H3. The van der Waals surface area contributed by atoms with Gasteiger partial charge in [-0.25, -0.2) is 16.8 Å². The van der Waals surface area contributed by atoms with Gasteiger partial charge in [-0.15, -0.1) is 0 Å². The maximum Gasteiger partial charge on any atom is 0.148 e. The Hall–Kier alpha value is -0.430. The summed E-state index contributed by atoms with van der Waals surface area (Å²) in [4.78, 5) is 12.0. The summed E-state index contributed by atoms with van der Waals surface area (Å²) in [6.45, 7) is 4.94. The number of hydrogen-bond acceptors (Lipinski definition) is 5. The second kappa shape index (κ2) is 5.06. The molecule has 0 aliphatic heterocycles. The van der Waals surface area contributed by atoms with Gasteiger partial charge in [0.1, 0.15) is 25.5 Å². The fourth-order valence-electron chi connectivity index (χ4n) is 1.54. The van der Waals surface area contributed by atoms with Crippen LogP contribution >= 0.6 is 0 Å². The van der Waals surface area contributed by atoms with Gasteiger partial charge in [-0.1, -0.05) is 20.8 Å². The van der Waals surface area contributed by atoms with Crippen molar-refractivity contribution in [3.05, 3.63) is 0 Å². The van der Waals surface area contributed by atoms with E-state index in [1.165, 1.54) is 0 Å². The molecule has 0 N–H and O–H groups in total. The number of hydrogen-bond donors (Lipinski definition) is 0. The molecule has 0 atom stereocenters.